The smallest absolute Gasteiger partial charge is 0.00965 e. The van der Waals surface area contributed by atoms with Crippen molar-refractivity contribution >= 4 is 0 Å². The summed E-state index contributed by atoms with van der Waals surface area (Å²) in [7, 11) is 0. The van der Waals surface area contributed by atoms with Gasteiger partial charge in [-0.15, -0.1) is 0 Å². The summed E-state index contributed by atoms with van der Waals surface area (Å²) in [6, 6.07) is 0. The molecule has 1 nitrogen and oxygen atoms in total. The molecule has 1 N–H and O–H groups in total. The van der Waals surface area contributed by atoms with Crippen LogP contribution in [-0.4, -0.2) is 12.1 Å². The van der Waals surface area contributed by atoms with E-state index in [9.17, 15) is 0 Å². The van der Waals surface area contributed by atoms with Gasteiger partial charge in [0.2, 0.25) is 0 Å². The minimum Gasteiger partial charge on any atom is -0.312 e. The van der Waals surface area contributed by atoms with Crippen LogP contribution in [0.3, 0.4) is 0 Å². The van der Waals surface area contributed by atoms with E-state index in [1.165, 1.54) is 18.4 Å². The molecule has 0 heterocycles. The van der Waals surface area contributed by atoms with E-state index in [-0.39, 0.29) is 5.54 Å². The minimum atomic E-state index is 0.257. The van der Waals surface area contributed by atoms with Crippen molar-refractivity contribution in [3.05, 3.63) is 12.2 Å². The van der Waals surface area contributed by atoms with Crippen molar-refractivity contribution in [2.75, 3.05) is 6.54 Å². The zero-order valence-corrected chi connectivity index (χ0v) is 9.04. The van der Waals surface area contributed by atoms with E-state index < -0.39 is 0 Å². The number of hydrogen-bond donors (Lipinski definition) is 1. The molecule has 0 saturated heterocycles. The van der Waals surface area contributed by atoms with Crippen LogP contribution in [0.5, 0.6) is 0 Å². The lowest BCUT2D eigenvalue weighted by atomic mass is 10.1. The van der Waals surface area contributed by atoms with E-state index in [2.05, 4.69) is 39.6 Å². The summed E-state index contributed by atoms with van der Waals surface area (Å²) in [4.78, 5) is 0. The Bertz CT molecular complexity index is 130. The molecule has 0 aliphatic carbocycles. The largest absolute Gasteiger partial charge is 0.312 e. The lowest BCUT2D eigenvalue weighted by molar-refractivity contribution is 0.422. The van der Waals surface area contributed by atoms with Crippen LogP contribution in [0.4, 0.5) is 0 Å². The molecular formula is C11H23N. The van der Waals surface area contributed by atoms with Gasteiger partial charge in [-0.05, 0) is 46.6 Å². The maximum absolute atomic E-state index is 3.98. The Morgan fingerprint density at radius 2 is 1.92 bits per heavy atom. The molecule has 0 aliphatic rings. The van der Waals surface area contributed by atoms with E-state index in [4.69, 9.17) is 0 Å². The van der Waals surface area contributed by atoms with E-state index in [0.29, 0.717) is 0 Å². The monoisotopic (exact) mass is 169 g/mol. The fourth-order valence-electron chi connectivity index (χ4n) is 0.979. The van der Waals surface area contributed by atoms with Crippen molar-refractivity contribution in [2.45, 2.75) is 52.5 Å². The predicted octanol–water partition coefficient (Wildman–Crippen LogP) is 3.12. The molecule has 0 unspecified atom stereocenters. The highest BCUT2D eigenvalue weighted by atomic mass is 14.9. The molecule has 0 spiro atoms. The van der Waals surface area contributed by atoms with Crippen LogP contribution in [0.2, 0.25) is 0 Å². The summed E-state index contributed by atoms with van der Waals surface area (Å²) in [5.74, 6) is 0. The SMILES string of the molecule is C=C(CC)CCCNC(C)(C)C. The summed E-state index contributed by atoms with van der Waals surface area (Å²) in [6.45, 7) is 13.8. The first-order valence-electron chi connectivity index (χ1n) is 4.87. The summed E-state index contributed by atoms with van der Waals surface area (Å²) < 4.78 is 0. The molecule has 0 saturated carbocycles. The first kappa shape index (κ1) is 11.7. The van der Waals surface area contributed by atoms with Gasteiger partial charge in [-0.25, -0.2) is 0 Å². The van der Waals surface area contributed by atoms with Gasteiger partial charge in [-0.2, -0.15) is 0 Å². The fraction of sp³-hybridized carbons (Fsp3) is 0.818. The molecule has 0 amide bonds. The van der Waals surface area contributed by atoms with Crippen LogP contribution >= 0.6 is 0 Å². The summed E-state index contributed by atoms with van der Waals surface area (Å²) >= 11 is 0. The Morgan fingerprint density at radius 3 is 2.33 bits per heavy atom. The molecule has 0 aromatic heterocycles. The molecule has 0 aromatic rings. The van der Waals surface area contributed by atoms with E-state index in [0.717, 1.165) is 13.0 Å². The van der Waals surface area contributed by atoms with Gasteiger partial charge in [-0.1, -0.05) is 19.1 Å². The Hall–Kier alpha value is -0.300. The standard InChI is InChI=1S/C11H23N/c1-6-10(2)8-7-9-12-11(3,4)5/h12H,2,6-9H2,1,3-5H3. The van der Waals surface area contributed by atoms with Crippen LogP contribution in [0.25, 0.3) is 0 Å². The van der Waals surface area contributed by atoms with Gasteiger partial charge < -0.3 is 5.32 Å². The van der Waals surface area contributed by atoms with Crippen molar-refractivity contribution in [1.29, 1.82) is 0 Å². The maximum Gasteiger partial charge on any atom is 0.00965 e. The van der Waals surface area contributed by atoms with E-state index in [1.807, 2.05) is 0 Å². The number of nitrogens with one attached hydrogen (secondary N) is 1. The zero-order valence-electron chi connectivity index (χ0n) is 9.04. The Labute approximate surface area is 77.2 Å². The van der Waals surface area contributed by atoms with Gasteiger partial charge in [0, 0.05) is 5.54 Å². The summed E-state index contributed by atoms with van der Waals surface area (Å²) in [6.07, 6.45) is 3.50. The quantitative estimate of drug-likeness (QED) is 0.492. The second-order valence-electron chi connectivity index (χ2n) is 4.38. The molecule has 12 heavy (non-hydrogen) atoms. The van der Waals surface area contributed by atoms with E-state index in [1.54, 1.807) is 0 Å². The second-order valence-corrected chi connectivity index (χ2v) is 4.38. The molecule has 0 bridgehead atoms. The molecule has 0 rings (SSSR count). The molecule has 0 radical (unpaired) electrons. The van der Waals surface area contributed by atoms with Crippen molar-refractivity contribution in [2.24, 2.45) is 0 Å². The Balaban J connectivity index is 3.28. The molecule has 0 aromatic carbocycles. The highest BCUT2D eigenvalue weighted by Gasteiger charge is 2.06. The van der Waals surface area contributed by atoms with Gasteiger partial charge >= 0.3 is 0 Å². The van der Waals surface area contributed by atoms with Crippen LogP contribution in [0.15, 0.2) is 12.2 Å². The van der Waals surface area contributed by atoms with Crippen LogP contribution in [0.1, 0.15) is 47.0 Å². The van der Waals surface area contributed by atoms with Gasteiger partial charge in [0.15, 0.2) is 0 Å². The maximum atomic E-state index is 3.98. The van der Waals surface area contributed by atoms with Gasteiger partial charge in [-0.3, -0.25) is 0 Å². The molecule has 1 heteroatoms. The molecular weight excluding hydrogens is 146 g/mol. The van der Waals surface area contributed by atoms with Crippen molar-refractivity contribution in [3.63, 3.8) is 0 Å². The highest BCUT2D eigenvalue weighted by molar-refractivity contribution is 4.92. The fourth-order valence-corrected chi connectivity index (χ4v) is 0.979. The van der Waals surface area contributed by atoms with Gasteiger partial charge in [0.05, 0.1) is 0 Å². The third kappa shape index (κ3) is 7.80. The Kier molecular flexibility index (Phi) is 5.23. The average Bonchev–Trinajstić information content (AvgIpc) is 1.96. The zero-order chi connectivity index (χ0) is 9.61. The van der Waals surface area contributed by atoms with Crippen LogP contribution in [-0.2, 0) is 0 Å². The van der Waals surface area contributed by atoms with Gasteiger partial charge in [0.1, 0.15) is 0 Å². The molecule has 0 fully saturated rings. The third-order valence-corrected chi connectivity index (χ3v) is 1.86. The highest BCUT2D eigenvalue weighted by Crippen LogP contribution is 2.06. The average molecular weight is 169 g/mol. The first-order chi connectivity index (χ1) is 5.45. The second kappa shape index (κ2) is 5.36. The number of hydrogen-bond acceptors (Lipinski definition) is 1. The van der Waals surface area contributed by atoms with Crippen molar-refractivity contribution < 1.29 is 0 Å². The number of allylic oxidation sites excluding steroid dienone is 1. The topological polar surface area (TPSA) is 12.0 Å². The van der Waals surface area contributed by atoms with Crippen LogP contribution in [0, 0.1) is 0 Å². The lowest BCUT2D eigenvalue weighted by Crippen LogP contribution is -2.36. The Morgan fingerprint density at radius 1 is 1.33 bits per heavy atom. The number of rotatable bonds is 5. The van der Waals surface area contributed by atoms with Crippen molar-refractivity contribution in [3.8, 4) is 0 Å². The molecule has 0 atom stereocenters. The van der Waals surface area contributed by atoms with E-state index >= 15 is 0 Å². The summed E-state index contributed by atoms with van der Waals surface area (Å²) in [5.41, 5.74) is 1.62. The molecule has 72 valence electrons. The normalized spacial score (nSPS) is 11.7. The first-order valence-corrected chi connectivity index (χ1v) is 4.87. The predicted molar refractivity (Wildman–Crippen MR) is 56.4 cm³/mol. The summed E-state index contributed by atoms with van der Waals surface area (Å²) in [5, 5.41) is 3.46. The molecule has 0 aliphatic heterocycles. The van der Waals surface area contributed by atoms with Gasteiger partial charge in [0.25, 0.3) is 0 Å². The van der Waals surface area contributed by atoms with Crippen molar-refractivity contribution in [1.82, 2.24) is 5.32 Å². The third-order valence-electron chi connectivity index (χ3n) is 1.86. The minimum absolute atomic E-state index is 0.257. The lowest BCUT2D eigenvalue weighted by Gasteiger charge is -2.20. The van der Waals surface area contributed by atoms with Crippen LogP contribution < -0.4 is 5.32 Å².